The van der Waals surface area contributed by atoms with Crippen LogP contribution in [0.3, 0.4) is 0 Å². The molecule has 21 heavy (non-hydrogen) atoms. The van der Waals surface area contributed by atoms with Crippen LogP contribution in [0.1, 0.15) is 37.7 Å². The summed E-state index contributed by atoms with van der Waals surface area (Å²) in [5, 5.41) is 9.18. The van der Waals surface area contributed by atoms with Crippen molar-refractivity contribution in [2.45, 2.75) is 38.1 Å². The van der Waals surface area contributed by atoms with E-state index in [-0.39, 0.29) is 5.82 Å². The maximum absolute atomic E-state index is 13.2. The average Bonchev–Trinajstić information content (AvgIpc) is 2.56. The van der Waals surface area contributed by atoms with Crippen molar-refractivity contribution in [2.75, 3.05) is 31.1 Å². The molecule has 0 bridgehead atoms. The van der Waals surface area contributed by atoms with Gasteiger partial charge in [0.1, 0.15) is 11.9 Å². The molecule has 1 saturated carbocycles. The maximum atomic E-state index is 13.2. The van der Waals surface area contributed by atoms with Gasteiger partial charge in [-0.05, 0) is 31.0 Å². The minimum Gasteiger partial charge on any atom is -0.368 e. The van der Waals surface area contributed by atoms with Crippen LogP contribution in [0.4, 0.5) is 10.1 Å². The van der Waals surface area contributed by atoms with Crippen molar-refractivity contribution >= 4 is 5.69 Å². The number of rotatable bonds is 2. The molecule has 0 unspecified atom stereocenters. The molecule has 0 spiro atoms. The standard InChI is InChI=1S/C17H22FN3/c18-15-6-7-17(14(12-15)13-19)21-10-8-20(9-11-21)16-4-2-1-3-5-16/h6-7,12,16H,1-5,8-11H2. The quantitative estimate of drug-likeness (QED) is 0.837. The number of piperazine rings is 1. The van der Waals surface area contributed by atoms with E-state index in [0.717, 1.165) is 37.9 Å². The molecule has 0 radical (unpaired) electrons. The predicted octanol–water partition coefficient (Wildman–Crippen LogP) is 3.15. The van der Waals surface area contributed by atoms with Crippen molar-refractivity contribution in [2.24, 2.45) is 0 Å². The Bertz CT molecular complexity index is 523. The lowest BCUT2D eigenvalue weighted by molar-refractivity contribution is 0.148. The van der Waals surface area contributed by atoms with Gasteiger partial charge < -0.3 is 4.90 Å². The topological polar surface area (TPSA) is 30.3 Å². The SMILES string of the molecule is N#Cc1cc(F)ccc1N1CCN(C2CCCCC2)CC1. The van der Waals surface area contributed by atoms with E-state index in [1.165, 1.54) is 44.2 Å². The second-order valence-corrected chi connectivity index (χ2v) is 6.09. The largest absolute Gasteiger partial charge is 0.368 e. The summed E-state index contributed by atoms with van der Waals surface area (Å²) in [5.74, 6) is -0.337. The molecule has 2 fully saturated rings. The van der Waals surface area contributed by atoms with Crippen molar-refractivity contribution in [1.29, 1.82) is 5.26 Å². The van der Waals surface area contributed by atoms with Gasteiger partial charge in [-0.25, -0.2) is 4.39 Å². The van der Waals surface area contributed by atoms with Crippen molar-refractivity contribution in [3.05, 3.63) is 29.6 Å². The normalized spacial score (nSPS) is 21.2. The highest BCUT2D eigenvalue weighted by Crippen LogP contribution is 2.26. The van der Waals surface area contributed by atoms with E-state index in [2.05, 4.69) is 15.9 Å². The fourth-order valence-corrected chi connectivity index (χ4v) is 3.65. The number of halogens is 1. The van der Waals surface area contributed by atoms with Crippen LogP contribution in [0.15, 0.2) is 18.2 Å². The highest BCUT2D eigenvalue weighted by atomic mass is 19.1. The number of nitriles is 1. The minimum absolute atomic E-state index is 0.337. The van der Waals surface area contributed by atoms with Crippen LogP contribution in [-0.2, 0) is 0 Å². The molecule has 1 aliphatic carbocycles. The summed E-state index contributed by atoms with van der Waals surface area (Å²) in [7, 11) is 0. The van der Waals surface area contributed by atoms with Crippen LogP contribution in [0, 0.1) is 17.1 Å². The van der Waals surface area contributed by atoms with Gasteiger partial charge in [0.25, 0.3) is 0 Å². The van der Waals surface area contributed by atoms with Gasteiger partial charge in [-0.15, -0.1) is 0 Å². The van der Waals surface area contributed by atoms with Gasteiger partial charge in [0.05, 0.1) is 11.3 Å². The molecule has 1 saturated heterocycles. The summed E-state index contributed by atoms with van der Waals surface area (Å²) in [5.41, 5.74) is 1.32. The number of hydrogen-bond acceptors (Lipinski definition) is 3. The fourth-order valence-electron chi connectivity index (χ4n) is 3.65. The third-order valence-electron chi connectivity index (χ3n) is 4.83. The number of nitrogens with zero attached hydrogens (tertiary/aromatic N) is 3. The van der Waals surface area contributed by atoms with Crippen LogP contribution in [0.2, 0.25) is 0 Å². The molecule has 112 valence electrons. The summed E-state index contributed by atoms with van der Waals surface area (Å²) in [6.45, 7) is 3.95. The third kappa shape index (κ3) is 3.19. The summed E-state index contributed by atoms with van der Waals surface area (Å²) in [4.78, 5) is 4.82. The Labute approximate surface area is 126 Å². The monoisotopic (exact) mass is 287 g/mol. The summed E-state index contributed by atoms with van der Waals surface area (Å²) < 4.78 is 13.2. The Kier molecular flexibility index (Phi) is 4.40. The summed E-state index contributed by atoms with van der Waals surface area (Å²) in [6.07, 6.45) is 6.78. The van der Waals surface area contributed by atoms with Crippen LogP contribution in [-0.4, -0.2) is 37.1 Å². The average molecular weight is 287 g/mol. The van der Waals surface area contributed by atoms with Gasteiger partial charge in [-0.2, -0.15) is 5.26 Å². The van der Waals surface area contributed by atoms with E-state index >= 15 is 0 Å². The van der Waals surface area contributed by atoms with Gasteiger partial charge in [0.2, 0.25) is 0 Å². The molecule has 2 aliphatic rings. The first-order chi connectivity index (χ1) is 10.3. The zero-order chi connectivity index (χ0) is 14.7. The lowest BCUT2D eigenvalue weighted by Crippen LogP contribution is -2.51. The summed E-state index contributed by atoms with van der Waals surface area (Å²) in [6, 6.07) is 7.39. The molecule has 0 aromatic heterocycles. The van der Waals surface area contributed by atoms with Crippen LogP contribution >= 0.6 is 0 Å². The Balaban J connectivity index is 1.64. The Hall–Kier alpha value is -1.60. The molecule has 1 aliphatic heterocycles. The number of anilines is 1. The third-order valence-corrected chi connectivity index (χ3v) is 4.83. The highest BCUT2D eigenvalue weighted by molar-refractivity contribution is 5.59. The second kappa shape index (κ2) is 6.44. The van der Waals surface area contributed by atoms with Crippen LogP contribution in [0.5, 0.6) is 0 Å². The van der Waals surface area contributed by atoms with Gasteiger partial charge >= 0.3 is 0 Å². The molecule has 0 N–H and O–H groups in total. The van der Waals surface area contributed by atoms with Crippen molar-refractivity contribution in [3.8, 4) is 6.07 Å². The van der Waals surface area contributed by atoms with E-state index in [1.54, 1.807) is 6.07 Å². The minimum atomic E-state index is -0.337. The maximum Gasteiger partial charge on any atom is 0.124 e. The van der Waals surface area contributed by atoms with Gasteiger partial charge in [-0.3, -0.25) is 4.90 Å². The van der Waals surface area contributed by atoms with Gasteiger partial charge in [0.15, 0.2) is 0 Å². The first kappa shape index (κ1) is 14.3. The molecule has 4 heteroatoms. The van der Waals surface area contributed by atoms with Crippen molar-refractivity contribution < 1.29 is 4.39 Å². The molecular weight excluding hydrogens is 265 g/mol. The Morgan fingerprint density at radius 2 is 1.76 bits per heavy atom. The van der Waals surface area contributed by atoms with Crippen molar-refractivity contribution in [1.82, 2.24) is 4.90 Å². The highest BCUT2D eigenvalue weighted by Gasteiger charge is 2.25. The van der Waals surface area contributed by atoms with Crippen LogP contribution in [0.25, 0.3) is 0 Å². The Morgan fingerprint density at radius 1 is 1.05 bits per heavy atom. The molecular formula is C17H22FN3. The van der Waals surface area contributed by atoms with E-state index in [1.807, 2.05) is 0 Å². The molecule has 3 rings (SSSR count). The molecule has 0 atom stereocenters. The molecule has 1 aromatic carbocycles. The van der Waals surface area contributed by atoms with Gasteiger partial charge in [0, 0.05) is 32.2 Å². The zero-order valence-electron chi connectivity index (χ0n) is 12.4. The lowest BCUT2D eigenvalue weighted by Gasteiger charge is -2.41. The second-order valence-electron chi connectivity index (χ2n) is 6.09. The van der Waals surface area contributed by atoms with Crippen LogP contribution < -0.4 is 4.90 Å². The smallest absolute Gasteiger partial charge is 0.124 e. The number of benzene rings is 1. The Morgan fingerprint density at radius 3 is 2.43 bits per heavy atom. The molecule has 3 nitrogen and oxygen atoms in total. The predicted molar refractivity (Wildman–Crippen MR) is 81.8 cm³/mol. The summed E-state index contributed by atoms with van der Waals surface area (Å²) >= 11 is 0. The molecule has 0 amide bonds. The first-order valence-electron chi connectivity index (χ1n) is 7.96. The van der Waals surface area contributed by atoms with E-state index in [0.29, 0.717) is 5.56 Å². The van der Waals surface area contributed by atoms with E-state index < -0.39 is 0 Å². The van der Waals surface area contributed by atoms with E-state index in [9.17, 15) is 9.65 Å². The fraction of sp³-hybridized carbons (Fsp3) is 0.588. The van der Waals surface area contributed by atoms with Gasteiger partial charge in [-0.1, -0.05) is 19.3 Å². The number of hydrogen-bond donors (Lipinski definition) is 0. The molecule has 1 aromatic rings. The van der Waals surface area contributed by atoms with Crippen molar-refractivity contribution in [3.63, 3.8) is 0 Å². The molecule has 1 heterocycles. The first-order valence-corrected chi connectivity index (χ1v) is 7.96. The lowest BCUT2D eigenvalue weighted by atomic mass is 9.94. The van der Waals surface area contributed by atoms with E-state index in [4.69, 9.17) is 0 Å². The zero-order valence-corrected chi connectivity index (χ0v) is 12.4.